The minimum absolute atomic E-state index is 0.628. The average molecular weight is 387 g/mol. The van der Waals surface area contributed by atoms with Crippen molar-refractivity contribution in [2.45, 2.75) is 6.92 Å². The Hall–Kier alpha value is -3.03. The molecule has 0 saturated carbocycles. The zero-order valence-corrected chi connectivity index (χ0v) is 16.0. The summed E-state index contributed by atoms with van der Waals surface area (Å²) < 4.78 is 1.16. The molecule has 0 fully saturated rings. The van der Waals surface area contributed by atoms with Gasteiger partial charge in [-0.1, -0.05) is 0 Å². The minimum atomic E-state index is 0.628. The molecule has 27 heavy (non-hydrogen) atoms. The van der Waals surface area contributed by atoms with Crippen molar-refractivity contribution in [3.63, 3.8) is 0 Å². The SMILES string of the molecule is Cc1nc(-c2cccnc2)sc1-c1nc(-c2ncccn2)cc2sccc12. The van der Waals surface area contributed by atoms with Gasteiger partial charge in [-0.05, 0) is 42.6 Å². The van der Waals surface area contributed by atoms with E-state index in [1.165, 1.54) is 0 Å². The van der Waals surface area contributed by atoms with E-state index >= 15 is 0 Å². The summed E-state index contributed by atoms with van der Waals surface area (Å²) in [5.74, 6) is 0.628. The Bertz CT molecular complexity index is 1230. The fraction of sp³-hybridized carbons (Fsp3) is 0.0500. The third-order valence-electron chi connectivity index (χ3n) is 4.17. The van der Waals surface area contributed by atoms with Crippen LogP contribution in [0.2, 0.25) is 0 Å². The second-order valence-corrected chi connectivity index (χ2v) is 7.88. The molecule has 5 rings (SSSR count). The van der Waals surface area contributed by atoms with E-state index in [0.29, 0.717) is 5.82 Å². The van der Waals surface area contributed by atoms with Crippen LogP contribution in [-0.2, 0) is 0 Å². The first-order valence-electron chi connectivity index (χ1n) is 8.33. The molecule has 0 unspecified atom stereocenters. The summed E-state index contributed by atoms with van der Waals surface area (Å²) in [7, 11) is 0. The van der Waals surface area contributed by atoms with Crippen LogP contribution in [0.4, 0.5) is 0 Å². The molecule has 0 saturated heterocycles. The monoisotopic (exact) mass is 387 g/mol. The lowest BCUT2D eigenvalue weighted by Gasteiger charge is -2.05. The Kier molecular flexibility index (Phi) is 3.95. The highest BCUT2D eigenvalue weighted by Gasteiger charge is 2.18. The molecule has 0 aliphatic heterocycles. The van der Waals surface area contributed by atoms with Crippen LogP contribution in [0.15, 0.2) is 60.5 Å². The molecule has 130 valence electrons. The summed E-state index contributed by atoms with van der Waals surface area (Å²) in [6.07, 6.45) is 7.08. The maximum absolute atomic E-state index is 4.92. The second kappa shape index (κ2) is 6.61. The first kappa shape index (κ1) is 16.2. The van der Waals surface area contributed by atoms with Crippen LogP contribution >= 0.6 is 22.7 Å². The third-order valence-corrected chi connectivity index (χ3v) is 6.24. The van der Waals surface area contributed by atoms with Crippen molar-refractivity contribution in [2.24, 2.45) is 0 Å². The van der Waals surface area contributed by atoms with Gasteiger partial charge in [0.1, 0.15) is 10.7 Å². The minimum Gasteiger partial charge on any atom is -0.264 e. The van der Waals surface area contributed by atoms with Gasteiger partial charge in [-0.3, -0.25) is 4.98 Å². The molecule has 0 amide bonds. The highest BCUT2D eigenvalue weighted by Crippen LogP contribution is 2.39. The first-order valence-corrected chi connectivity index (χ1v) is 10.0. The van der Waals surface area contributed by atoms with Gasteiger partial charge in [0.2, 0.25) is 0 Å². The number of fused-ring (bicyclic) bond motifs is 1. The maximum Gasteiger partial charge on any atom is 0.178 e. The topological polar surface area (TPSA) is 64.5 Å². The standard InChI is InChI=1S/C20H13N5S2/c1-12-18(27-20(24-12)13-4-2-6-21-11-13)17-14-5-9-26-16(14)10-15(25-17)19-22-7-3-8-23-19/h2-11H,1H3. The van der Waals surface area contributed by atoms with E-state index in [-0.39, 0.29) is 0 Å². The van der Waals surface area contributed by atoms with E-state index < -0.39 is 0 Å². The van der Waals surface area contributed by atoms with Crippen LogP contribution in [-0.4, -0.2) is 24.9 Å². The number of aromatic nitrogens is 5. The van der Waals surface area contributed by atoms with Gasteiger partial charge in [0.05, 0.1) is 16.3 Å². The van der Waals surface area contributed by atoms with Gasteiger partial charge >= 0.3 is 0 Å². The predicted octanol–water partition coefficient (Wildman–Crippen LogP) is 5.25. The third kappa shape index (κ3) is 2.90. The zero-order valence-electron chi connectivity index (χ0n) is 14.3. The summed E-state index contributed by atoms with van der Waals surface area (Å²) in [4.78, 5) is 23.7. The van der Waals surface area contributed by atoms with Crippen LogP contribution in [0.1, 0.15) is 5.69 Å². The van der Waals surface area contributed by atoms with E-state index in [1.807, 2.05) is 31.3 Å². The van der Waals surface area contributed by atoms with Gasteiger partial charge in [-0.15, -0.1) is 22.7 Å². The Labute approximate surface area is 163 Å². The molecule has 0 aliphatic carbocycles. The van der Waals surface area contributed by atoms with E-state index in [1.54, 1.807) is 41.3 Å². The Morgan fingerprint density at radius 2 is 1.85 bits per heavy atom. The van der Waals surface area contributed by atoms with Crippen molar-refractivity contribution in [3.05, 3.63) is 66.2 Å². The molecule has 0 aromatic carbocycles. The van der Waals surface area contributed by atoms with Crippen LogP contribution in [0.5, 0.6) is 0 Å². The lowest BCUT2D eigenvalue weighted by molar-refractivity contribution is 1.14. The fourth-order valence-corrected chi connectivity index (χ4v) is 4.80. The van der Waals surface area contributed by atoms with Crippen LogP contribution in [0.3, 0.4) is 0 Å². The number of nitrogens with zero attached hydrogens (tertiary/aromatic N) is 5. The summed E-state index contributed by atoms with van der Waals surface area (Å²) in [5.41, 5.74) is 3.68. The zero-order chi connectivity index (χ0) is 18.2. The van der Waals surface area contributed by atoms with Crippen molar-refractivity contribution in [2.75, 3.05) is 0 Å². The molecule has 5 aromatic heterocycles. The van der Waals surface area contributed by atoms with E-state index in [9.17, 15) is 0 Å². The summed E-state index contributed by atoms with van der Waals surface area (Å²) in [6, 6.07) is 9.92. The number of thiophene rings is 1. The molecule has 7 heteroatoms. The second-order valence-electron chi connectivity index (χ2n) is 5.94. The Balaban J connectivity index is 1.71. The quantitative estimate of drug-likeness (QED) is 0.423. The highest BCUT2D eigenvalue weighted by molar-refractivity contribution is 7.19. The molecule has 5 heterocycles. The van der Waals surface area contributed by atoms with E-state index in [4.69, 9.17) is 9.97 Å². The average Bonchev–Trinajstić information content (AvgIpc) is 3.35. The van der Waals surface area contributed by atoms with Gasteiger partial charge in [-0.25, -0.2) is 19.9 Å². The van der Waals surface area contributed by atoms with Crippen molar-refractivity contribution in [1.29, 1.82) is 0 Å². The number of hydrogen-bond acceptors (Lipinski definition) is 7. The number of pyridine rings is 2. The van der Waals surface area contributed by atoms with Gasteiger partial charge < -0.3 is 0 Å². The summed E-state index contributed by atoms with van der Waals surface area (Å²) >= 11 is 3.33. The summed E-state index contributed by atoms with van der Waals surface area (Å²) in [5, 5.41) is 4.16. The lowest BCUT2D eigenvalue weighted by Crippen LogP contribution is -1.93. The predicted molar refractivity (Wildman–Crippen MR) is 110 cm³/mol. The van der Waals surface area contributed by atoms with E-state index in [0.717, 1.165) is 42.6 Å². The fourth-order valence-electron chi connectivity index (χ4n) is 2.91. The smallest absolute Gasteiger partial charge is 0.178 e. The first-order chi connectivity index (χ1) is 13.3. The van der Waals surface area contributed by atoms with Gasteiger partial charge in [0.25, 0.3) is 0 Å². The van der Waals surface area contributed by atoms with Gasteiger partial charge in [-0.2, -0.15) is 0 Å². The lowest BCUT2D eigenvalue weighted by atomic mass is 10.1. The summed E-state index contributed by atoms with van der Waals surface area (Å²) in [6.45, 7) is 2.03. The normalized spacial score (nSPS) is 11.1. The van der Waals surface area contributed by atoms with Crippen LogP contribution < -0.4 is 0 Å². The number of hydrogen-bond donors (Lipinski definition) is 0. The van der Waals surface area contributed by atoms with Crippen molar-refractivity contribution < 1.29 is 0 Å². The van der Waals surface area contributed by atoms with Crippen LogP contribution in [0.25, 0.3) is 42.7 Å². The van der Waals surface area contributed by atoms with Crippen molar-refractivity contribution in [3.8, 4) is 32.7 Å². The number of rotatable bonds is 3. The largest absolute Gasteiger partial charge is 0.264 e. The molecule has 0 radical (unpaired) electrons. The highest BCUT2D eigenvalue weighted by atomic mass is 32.1. The molecule has 0 spiro atoms. The molecule has 0 atom stereocenters. The molecule has 0 N–H and O–H groups in total. The molecule has 0 bridgehead atoms. The number of aryl methyl sites for hydroxylation is 1. The molecule has 5 nitrogen and oxygen atoms in total. The molecular formula is C20H13N5S2. The van der Waals surface area contributed by atoms with Gasteiger partial charge in [0, 0.05) is 40.4 Å². The molecule has 5 aromatic rings. The maximum atomic E-state index is 4.92. The molecule has 0 aliphatic rings. The van der Waals surface area contributed by atoms with Crippen LogP contribution in [0, 0.1) is 6.92 Å². The Morgan fingerprint density at radius 3 is 2.67 bits per heavy atom. The Morgan fingerprint density at radius 1 is 0.963 bits per heavy atom. The number of thiazole rings is 1. The van der Waals surface area contributed by atoms with Crippen molar-refractivity contribution in [1.82, 2.24) is 24.9 Å². The van der Waals surface area contributed by atoms with E-state index in [2.05, 4.69) is 32.5 Å². The van der Waals surface area contributed by atoms with Gasteiger partial charge in [0.15, 0.2) is 5.82 Å². The van der Waals surface area contributed by atoms with Crippen molar-refractivity contribution >= 4 is 32.8 Å². The molecular weight excluding hydrogens is 374 g/mol.